The van der Waals surface area contributed by atoms with Crippen LogP contribution in [0.15, 0.2) is 36.7 Å². The predicted octanol–water partition coefficient (Wildman–Crippen LogP) is 5.28. The quantitative estimate of drug-likeness (QED) is 0.0225. The van der Waals surface area contributed by atoms with Crippen LogP contribution in [0.3, 0.4) is 0 Å². The van der Waals surface area contributed by atoms with Gasteiger partial charge in [-0.25, -0.2) is 14.6 Å². The lowest BCUT2D eigenvalue weighted by Gasteiger charge is -2.29. The number of unbranched alkanes of at least 4 members (excludes halogenated alkanes) is 1. The number of urea groups is 2. The molecule has 0 spiro atoms. The highest BCUT2D eigenvalue weighted by Gasteiger charge is 2.42. The van der Waals surface area contributed by atoms with Crippen molar-refractivity contribution in [2.75, 3.05) is 75.2 Å². The van der Waals surface area contributed by atoms with E-state index in [2.05, 4.69) is 66.3 Å². The molecular formula is C53H75N11O10S2. The summed E-state index contributed by atoms with van der Waals surface area (Å²) in [4.78, 5) is 100. The fraction of sp³-hybridized carbons (Fsp3) is 0.604. The Hall–Kier alpha value is -5.88. The first-order valence-corrected chi connectivity index (χ1v) is 28.7. The van der Waals surface area contributed by atoms with Crippen LogP contribution >= 0.6 is 23.1 Å². The zero-order valence-corrected chi connectivity index (χ0v) is 45.6. The van der Waals surface area contributed by atoms with E-state index in [1.165, 1.54) is 17.4 Å². The van der Waals surface area contributed by atoms with Gasteiger partial charge in [-0.1, -0.05) is 26.3 Å². The maximum Gasteiger partial charge on any atom is 0.331 e. The third-order valence-electron chi connectivity index (χ3n) is 13.5. The van der Waals surface area contributed by atoms with Crippen molar-refractivity contribution < 1.29 is 47.8 Å². The van der Waals surface area contributed by atoms with E-state index in [1.54, 1.807) is 29.4 Å². The van der Waals surface area contributed by atoms with Crippen LogP contribution in [0, 0.1) is 12.8 Å². The number of nitrogens with zero attached hydrogens (tertiary/aromatic N) is 3. The molecule has 0 bridgehead atoms. The minimum absolute atomic E-state index is 0.0535. The van der Waals surface area contributed by atoms with Gasteiger partial charge in [0, 0.05) is 93.2 Å². The van der Waals surface area contributed by atoms with Crippen molar-refractivity contribution in [1.29, 1.82) is 0 Å². The number of aryl methyl sites for hydroxylation is 1. The van der Waals surface area contributed by atoms with E-state index in [-0.39, 0.29) is 79.1 Å². The van der Waals surface area contributed by atoms with E-state index in [0.717, 1.165) is 55.5 Å². The van der Waals surface area contributed by atoms with Gasteiger partial charge >= 0.3 is 12.1 Å². The molecule has 2 saturated heterocycles. The summed E-state index contributed by atoms with van der Waals surface area (Å²) in [5, 5.41) is 24.6. The molecule has 6 heterocycles. The maximum absolute atomic E-state index is 13.8. The van der Waals surface area contributed by atoms with Gasteiger partial charge in [-0.15, -0.1) is 11.3 Å². The van der Waals surface area contributed by atoms with E-state index in [1.807, 2.05) is 24.8 Å². The van der Waals surface area contributed by atoms with Gasteiger partial charge < -0.3 is 56.7 Å². The monoisotopic (exact) mass is 1090 g/mol. The molecule has 76 heavy (non-hydrogen) atoms. The number of hydrogen-bond acceptors (Lipinski definition) is 14. The number of anilines is 3. The third-order valence-corrected chi connectivity index (χ3v) is 16.1. The van der Waals surface area contributed by atoms with Crippen LogP contribution in [-0.2, 0) is 39.8 Å². The molecule has 4 aliphatic rings. The van der Waals surface area contributed by atoms with E-state index in [9.17, 15) is 33.6 Å². The van der Waals surface area contributed by atoms with Crippen LogP contribution in [0.1, 0.15) is 112 Å². The van der Waals surface area contributed by atoms with Gasteiger partial charge in [0.2, 0.25) is 23.6 Å². The lowest BCUT2D eigenvalue weighted by Crippen LogP contribution is -2.48. The highest BCUT2D eigenvalue weighted by atomic mass is 32.2. The van der Waals surface area contributed by atoms with Gasteiger partial charge in [-0.3, -0.25) is 33.9 Å². The number of thiophene rings is 1. The summed E-state index contributed by atoms with van der Waals surface area (Å²) in [5.74, 6) is 0.360. The Bertz CT molecular complexity index is 2530. The second-order valence-corrected chi connectivity index (χ2v) is 22.2. The van der Waals surface area contributed by atoms with Crippen molar-refractivity contribution in [2.24, 2.45) is 5.92 Å². The van der Waals surface area contributed by atoms with Crippen molar-refractivity contribution >= 4 is 92.0 Å². The molecule has 3 aromatic heterocycles. The van der Waals surface area contributed by atoms with Gasteiger partial charge in [0.15, 0.2) is 0 Å². The standard InChI is InChI=1S/C53H75N11O10S2/c1-33(2)29-35-30-34(3)40(31-58-35)64-39-18-22-57-51-46(39)48(63-53(64)71)49(76-51)50(69)60-37-12-6-11-36(37)59-45(68)17-8-19-54-43(66)15-7-16-44(67)56-21-10-24-73-26-28-74-27-25-72-23-9-20-55-42(65)14-5-4-13-41-47-38(32-75-41)61-52(70)62-47/h8,17-18,22,30-31,33,36-38,41,47H,4-7,9-16,19-21,23-29,32H2,1-3H3,(H,54,66)(H,55,65)(H,56,67)(H,59,68)(H,60,69)(H,63,71)(H2,61,62,70)/b17-8+/t36-,37+,38-,41-,47-/m0/s1. The average Bonchev–Trinajstić information content (AvgIpc) is 4.19. The Morgan fingerprint density at radius 2 is 1.49 bits per heavy atom. The van der Waals surface area contributed by atoms with E-state index < -0.39 is 6.03 Å². The molecule has 1 saturated carbocycles. The summed E-state index contributed by atoms with van der Waals surface area (Å²) in [6.45, 7) is 10.1. The molecular weight excluding hydrogens is 1010 g/mol. The summed E-state index contributed by atoms with van der Waals surface area (Å²) in [5.41, 5.74) is 3.55. The predicted molar refractivity (Wildman–Crippen MR) is 293 cm³/mol. The Labute approximate surface area is 452 Å². The third kappa shape index (κ3) is 17.1. The fourth-order valence-corrected chi connectivity index (χ4v) is 12.3. The number of fused-ring (bicyclic) bond motifs is 1. The number of carbonyl (C=O) groups excluding carboxylic acids is 7. The molecule has 9 amide bonds. The Morgan fingerprint density at radius 3 is 2.18 bits per heavy atom. The van der Waals surface area contributed by atoms with Crippen LogP contribution in [0.4, 0.5) is 26.7 Å². The second kappa shape index (κ2) is 29.6. The van der Waals surface area contributed by atoms with Crippen molar-refractivity contribution in [1.82, 2.24) is 47.2 Å². The maximum atomic E-state index is 13.8. The number of rotatable bonds is 32. The van der Waals surface area contributed by atoms with Gasteiger partial charge in [-0.2, -0.15) is 11.8 Å². The first kappa shape index (κ1) is 57.8. The smallest absolute Gasteiger partial charge is 0.331 e. The van der Waals surface area contributed by atoms with Crippen molar-refractivity contribution in [3.05, 3.63) is 52.8 Å². The van der Waals surface area contributed by atoms with E-state index >= 15 is 0 Å². The molecule has 21 nitrogen and oxygen atoms in total. The van der Waals surface area contributed by atoms with Crippen LogP contribution in [0.5, 0.6) is 0 Å². The summed E-state index contributed by atoms with van der Waals surface area (Å²) >= 11 is 3.10. The zero-order chi connectivity index (χ0) is 53.8. The largest absolute Gasteiger partial charge is 0.379 e. The van der Waals surface area contributed by atoms with Crippen LogP contribution < -0.4 is 47.4 Å². The molecule has 414 valence electrons. The lowest BCUT2D eigenvalue weighted by atomic mass is 10.0. The summed E-state index contributed by atoms with van der Waals surface area (Å²) < 4.78 is 16.7. The number of nitrogens with one attached hydrogen (secondary N) is 8. The topological polar surface area (TPSA) is 272 Å². The minimum atomic E-state index is -0.399. The summed E-state index contributed by atoms with van der Waals surface area (Å²) in [6, 6.07) is 3.10. The van der Waals surface area contributed by atoms with Crippen molar-refractivity contribution in [3.8, 4) is 0 Å². The second-order valence-electron chi connectivity index (χ2n) is 19.9. The van der Waals surface area contributed by atoms with Gasteiger partial charge in [-0.05, 0) is 88.3 Å². The SMILES string of the molecule is Cc1cc(CC(C)C)ncc1N1C(=O)Nc2c(C(=O)N[C@@H]3CCC[C@@H]3NC(=O)/C=C/CNC(=O)CCCC(=O)NCCCOCCOCCOCCCNC(=O)CCCC[C@@H]3SC[C@@H]4NC(=O)N[C@@H]43)sc3nccc1c23. The van der Waals surface area contributed by atoms with Gasteiger partial charge in [0.1, 0.15) is 9.71 Å². The fourth-order valence-electron chi connectivity index (χ4n) is 9.76. The first-order chi connectivity index (χ1) is 36.8. The molecule has 23 heteroatoms. The van der Waals surface area contributed by atoms with Crippen LogP contribution in [-0.4, -0.2) is 146 Å². The molecule has 0 unspecified atom stereocenters. The molecule has 0 aromatic carbocycles. The highest BCUT2D eigenvalue weighted by molar-refractivity contribution is 8.00. The zero-order valence-electron chi connectivity index (χ0n) is 43.9. The van der Waals surface area contributed by atoms with Gasteiger partial charge in [0.05, 0.1) is 67.2 Å². The van der Waals surface area contributed by atoms with Crippen molar-refractivity contribution in [2.45, 2.75) is 134 Å². The first-order valence-electron chi connectivity index (χ1n) is 26.8. The number of aromatic nitrogens is 2. The van der Waals surface area contributed by atoms with Crippen LogP contribution in [0.2, 0.25) is 0 Å². The highest BCUT2D eigenvalue weighted by Crippen LogP contribution is 2.46. The van der Waals surface area contributed by atoms with Gasteiger partial charge in [0.25, 0.3) is 5.91 Å². The molecule has 1 aliphatic carbocycles. The van der Waals surface area contributed by atoms with Crippen LogP contribution in [0.25, 0.3) is 10.2 Å². The number of ether oxygens (including phenoxy) is 3. The number of pyridine rings is 2. The molecule has 3 aromatic rings. The number of carbonyl (C=O) groups is 7. The molecule has 3 aliphatic heterocycles. The minimum Gasteiger partial charge on any atom is -0.379 e. The van der Waals surface area contributed by atoms with E-state index in [0.29, 0.717) is 128 Å². The lowest BCUT2D eigenvalue weighted by molar-refractivity contribution is -0.123. The normalized spacial score (nSPS) is 19.6. The van der Waals surface area contributed by atoms with E-state index in [4.69, 9.17) is 14.2 Å². The molecule has 8 N–H and O–H groups in total. The van der Waals surface area contributed by atoms with Crippen molar-refractivity contribution in [3.63, 3.8) is 0 Å². The number of hydrogen-bond donors (Lipinski definition) is 8. The summed E-state index contributed by atoms with van der Waals surface area (Å²) in [6.07, 6.45) is 14.7. The number of amides is 9. The average molecular weight is 1090 g/mol. The molecule has 7 rings (SSSR count). The Balaban J connectivity index is 0.665. The molecule has 5 atom stereocenters. The number of thioether (sulfide) groups is 1. The molecule has 3 fully saturated rings. The molecule has 0 radical (unpaired) electrons. The Kier molecular flexibility index (Phi) is 22.5. The summed E-state index contributed by atoms with van der Waals surface area (Å²) in [7, 11) is 0. The Morgan fingerprint density at radius 1 is 0.816 bits per heavy atom.